The molecule has 0 atom stereocenters. The summed E-state index contributed by atoms with van der Waals surface area (Å²) < 4.78 is 28.6. The van der Waals surface area contributed by atoms with Gasteiger partial charge in [-0.15, -0.1) is 0 Å². The minimum atomic E-state index is -2.68. The number of rotatable bonds is 6. The van der Waals surface area contributed by atoms with E-state index in [1.807, 2.05) is 13.0 Å². The van der Waals surface area contributed by atoms with Crippen LogP contribution in [-0.2, 0) is 17.9 Å². The molecule has 3 rings (SSSR count). The first-order valence-corrected chi connectivity index (χ1v) is 9.51. The standard InChI is InChI=1S/C19H19Cl2F2N5O/c1-10-6-16(19(22)23)26-27(10)9-17(29)24-18-11(2)25-28(12(18)3)8-13-4-5-14(20)15(21)7-13/h4-7,19H,8-9H2,1-3H3,(H,24,29). The lowest BCUT2D eigenvalue weighted by Crippen LogP contribution is -2.21. The molecule has 0 fully saturated rings. The summed E-state index contributed by atoms with van der Waals surface area (Å²) in [6, 6.07) is 6.60. The molecule has 0 aliphatic rings. The Balaban J connectivity index is 1.74. The fraction of sp³-hybridized carbons (Fsp3) is 0.316. The van der Waals surface area contributed by atoms with E-state index in [2.05, 4.69) is 15.5 Å². The van der Waals surface area contributed by atoms with Crippen molar-refractivity contribution >= 4 is 34.8 Å². The van der Waals surface area contributed by atoms with Crippen LogP contribution in [0.3, 0.4) is 0 Å². The molecular formula is C19H19Cl2F2N5O. The van der Waals surface area contributed by atoms with E-state index in [1.165, 1.54) is 10.7 Å². The fourth-order valence-electron chi connectivity index (χ4n) is 2.96. The first-order valence-electron chi connectivity index (χ1n) is 8.76. The first kappa shape index (κ1) is 21.3. The summed E-state index contributed by atoms with van der Waals surface area (Å²) in [6.45, 7) is 5.52. The van der Waals surface area contributed by atoms with E-state index < -0.39 is 6.43 Å². The van der Waals surface area contributed by atoms with Crippen LogP contribution in [0.1, 0.15) is 34.8 Å². The molecule has 6 nitrogen and oxygen atoms in total. The van der Waals surface area contributed by atoms with E-state index in [0.29, 0.717) is 33.7 Å². The highest BCUT2D eigenvalue weighted by atomic mass is 35.5. The number of benzene rings is 1. The molecule has 29 heavy (non-hydrogen) atoms. The van der Waals surface area contributed by atoms with Crippen LogP contribution in [0.4, 0.5) is 14.5 Å². The van der Waals surface area contributed by atoms with Gasteiger partial charge < -0.3 is 5.32 Å². The van der Waals surface area contributed by atoms with Crippen LogP contribution in [0.5, 0.6) is 0 Å². The van der Waals surface area contributed by atoms with Crippen LogP contribution in [0.2, 0.25) is 10.0 Å². The van der Waals surface area contributed by atoms with E-state index in [4.69, 9.17) is 23.2 Å². The quantitative estimate of drug-likeness (QED) is 0.589. The van der Waals surface area contributed by atoms with Gasteiger partial charge >= 0.3 is 0 Å². The molecule has 10 heteroatoms. The number of halogens is 4. The number of hydrogen-bond acceptors (Lipinski definition) is 3. The van der Waals surface area contributed by atoms with Gasteiger partial charge in [-0.05, 0) is 44.5 Å². The highest BCUT2D eigenvalue weighted by Crippen LogP contribution is 2.25. The third kappa shape index (κ3) is 4.76. The molecule has 0 saturated carbocycles. The van der Waals surface area contributed by atoms with Gasteiger partial charge in [0.15, 0.2) is 0 Å². The second-order valence-electron chi connectivity index (χ2n) is 6.67. The molecule has 1 aromatic carbocycles. The molecule has 2 heterocycles. The molecular weight excluding hydrogens is 423 g/mol. The molecule has 0 saturated heterocycles. The van der Waals surface area contributed by atoms with E-state index in [1.54, 1.807) is 30.7 Å². The number of aryl methyl sites for hydroxylation is 2. The second kappa shape index (κ2) is 8.51. The molecule has 1 N–H and O–H groups in total. The van der Waals surface area contributed by atoms with Crippen LogP contribution in [0, 0.1) is 20.8 Å². The average Bonchev–Trinajstić information content (AvgIpc) is 3.13. The zero-order valence-corrected chi connectivity index (χ0v) is 17.5. The normalized spacial score (nSPS) is 11.3. The van der Waals surface area contributed by atoms with Crippen molar-refractivity contribution in [3.8, 4) is 0 Å². The lowest BCUT2D eigenvalue weighted by Gasteiger charge is -2.09. The van der Waals surface area contributed by atoms with Crippen LogP contribution in [-0.4, -0.2) is 25.5 Å². The number of alkyl halides is 2. The van der Waals surface area contributed by atoms with Gasteiger partial charge in [0.1, 0.15) is 12.2 Å². The number of nitrogens with zero attached hydrogens (tertiary/aromatic N) is 4. The predicted octanol–water partition coefficient (Wildman–Crippen LogP) is 4.94. The van der Waals surface area contributed by atoms with Crippen molar-refractivity contribution in [2.45, 2.75) is 40.3 Å². The fourth-order valence-corrected chi connectivity index (χ4v) is 3.28. The van der Waals surface area contributed by atoms with Crippen molar-refractivity contribution in [3.05, 3.63) is 62.6 Å². The van der Waals surface area contributed by atoms with Crippen molar-refractivity contribution in [2.75, 3.05) is 5.32 Å². The van der Waals surface area contributed by atoms with Gasteiger partial charge in [0.25, 0.3) is 6.43 Å². The highest BCUT2D eigenvalue weighted by Gasteiger charge is 2.18. The van der Waals surface area contributed by atoms with Crippen molar-refractivity contribution < 1.29 is 13.6 Å². The summed E-state index contributed by atoms with van der Waals surface area (Å²) in [5.74, 6) is -0.377. The summed E-state index contributed by atoms with van der Waals surface area (Å²) in [4.78, 5) is 12.4. The summed E-state index contributed by atoms with van der Waals surface area (Å²) in [6.07, 6.45) is -2.68. The third-order valence-corrected chi connectivity index (χ3v) is 5.22. The monoisotopic (exact) mass is 441 g/mol. The Labute approximate surface area is 176 Å². The summed E-state index contributed by atoms with van der Waals surface area (Å²) in [5, 5.41) is 12.0. The molecule has 0 radical (unpaired) electrons. The van der Waals surface area contributed by atoms with Crippen LogP contribution < -0.4 is 5.32 Å². The molecule has 0 spiro atoms. The molecule has 0 aliphatic carbocycles. The molecule has 0 bridgehead atoms. The van der Waals surface area contributed by atoms with Crippen molar-refractivity contribution in [3.63, 3.8) is 0 Å². The SMILES string of the molecule is Cc1nn(Cc2ccc(Cl)c(Cl)c2)c(C)c1NC(=O)Cn1nc(C(F)F)cc1C. The Morgan fingerprint density at radius 3 is 2.45 bits per heavy atom. The number of anilines is 1. The van der Waals surface area contributed by atoms with E-state index >= 15 is 0 Å². The van der Waals surface area contributed by atoms with Crippen molar-refractivity contribution in [1.82, 2.24) is 19.6 Å². The lowest BCUT2D eigenvalue weighted by atomic mass is 10.2. The van der Waals surface area contributed by atoms with Gasteiger partial charge in [0.05, 0.1) is 33.7 Å². The average molecular weight is 442 g/mol. The third-order valence-electron chi connectivity index (χ3n) is 4.48. The number of aromatic nitrogens is 4. The molecule has 3 aromatic rings. The number of hydrogen-bond donors (Lipinski definition) is 1. The summed E-state index contributed by atoms with van der Waals surface area (Å²) >= 11 is 12.0. The van der Waals surface area contributed by atoms with Gasteiger partial charge in [-0.3, -0.25) is 14.2 Å². The van der Waals surface area contributed by atoms with Gasteiger partial charge in [-0.25, -0.2) is 8.78 Å². The van der Waals surface area contributed by atoms with E-state index in [0.717, 1.165) is 11.3 Å². The molecule has 154 valence electrons. The zero-order chi connectivity index (χ0) is 21.3. The Kier molecular flexibility index (Phi) is 6.24. The zero-order valence-electron chi connectivity index (χ0n) is 16.0. The maximum atomic E-state index is 12.8. The minimum absolute atomic E-state index is 0.171. The van der Waals surface area contributed by atoms with Crippen LogP contribution in [0.25, 0.3) is 0 Å². The second-order valence-corrected chi connectivity index (χ2v) is 7.48. The molecule has 0 unspecified atom stereocenters. The molecule has 1 amide bonds. The molecule has 2 aromatic heterocycles. The highest BCUT2D eigenvalue weighted by molar-refractivity contribution is 6.42. The van der Waals surface area contributed by atoms with Crippen molar-refractivity contribution in [1.29, 1.82) is 0 Å². The van der Waals surface area contributed by atoms with Gasteiger partial charge in [0, 0.05) is 5.69 Å². The van der Waals surface area contributed by atoms with E-state index in [-0.39, 0.29) is 18.1 Å². The van der Waals surface area contributed by atoms with Crippen molar-refractivity contribution in [2.24, 2.45) is 0 Å². The minimum Gasteiger partial charge on any atom is -0.321 e. The number of carbonyl (C=O) groups is 1. The molecule has 0 aliphatic heterocycles. The van der Waals surface area contributed by atoms with Crippen LogP contribution in [0.15, 0.2) is 24.3 Å². The Hall–Kier alpha value is -2.45. The van der Waals surface area contributed by atoms with E-state index in [9.17, 15) is 13.6 Å². The number of carbonyl (C=O) groups excluding carboxylic acids is 1. The number of amides is 1. The Morgan fingerprint density at radius 1 is 1.10 bits per heavy atom. The van der Waals surface area contributed by atoms with Gasteiger partial charge in [0.2, 0.25) is 5.91 Å². The largest absolute Gasteiger partial charge is 0.321 e. The smallest absolute Gasteiger partial charge is 0.282 e. The van der Waals surface area contributed by atoms with Crippen LogP contribution >= 0.6 is 23.2 Å². The summed E-state index contributed by atoms with van der Waals surface area (Å²) in [7, 11) is 0. The van der Waals surface area contributed by atoms with Gasteiger partial charge in [-0.2, -0.15) is 10.2 Å². The maximum absolute atomic E-state index is 12.8. The lowest BCUT2D eigenvalue weighted by molar-refractivity contribution is -0.117. The first-order chi connectivity index (χ1) is 13.7. The van der Waals surface area contributed by atoms with Gasteiger partial charge in [-0.1, -0.05) is 29.3 Å². The maximum Gasteiger partial charge on any atom is 0.282 e. The topological polar surface area (TPSA) is 64.7 Å². The summed E-state index contributed by atoms with van der Waals surface area (Å²) in [5.41, 5.74) is 3.02. The number of nitrogens with one attached hydrogen (secondary N) is 1. The Morgan fingerprint density at radius 2 is 1.83 bits per heavy atom. The predicted molar refractivity (Wildman–Crippen MR) is 108 cm³/mol. The Bertz CT molecular complexity index is 1060.